The highest BCUT2D eigenvalue weighted by Crippen LogP contribution is 2.34. The molecule has 2 aliphatic rings. The highest BCUT2D eigenvalue weighted by atomic mass is 19.1. The molecule has 0 aliphatic carbocycles. The molecule has 11 heteroatoms. The standard InChI is InChI=1S/C28H34FN5O5/c1-27(2,30)24(36)31-22(17-39-16-20-7-5-4-6-8-20)23(35)33-13-14-34-26(38)32(3)25(37)28(34,18-33)15-19-9-11-21(29)12-10-19/h4-12,22H,13-18,30H2,1-3H3,(H,31,36)/t22-,28?/m1/s1. The van der Waals surface area contributed by atoms with Crippen molar-refractivity contribution in [3.63, 3.8) is 0 Å². The molecule has 2 heterocycles. The summed E-state index contributed by atoms with van der Waals surface area (Å²) in [6, 6.07) is 13.6. The van der Waals surface area contributed by atoms with Crippen molar-refractivity contribution in [2.75, 3.05) is 33.3 Å². The van der Waals surface area contributed by atoms with Crippen molar-refractivity contribution in [3.05, 3.63) is 71.5 Å². The molecule has 0 saturated carbocycles. The van der Waals surface area contributed by atoms with Crippen molar-refractivity contribution in [3.8, 4) is 0 Å². The summed E-state index contributed by atoms with van der Waals surface area (Å²) < 4.78 is 19.3. The van der Waals surface area contributed by atoms with Gasteiger partial charge in [-0.1, -0.05) is 42.5 Å². The Kier molecular flexibility index (Phi) is 8.03. The number of carbonyl (C=O) groups is 4. The van der Waals surface area contributed by atoms with E-state index in [1.165, 1.54) is 42.8 Å². The summed E-state index contributed by atoms with van der Waals surface area (Å²) >= 11 is 0. The second-order valence-electron chi connectivity index (χ2n) is 10.6. The van der Waals surface area contributed by atoms with Crippen molar-refractivity contribution in [1.29, 1.82) is 0 Å². The molecule has 2 aliphatic heterocycles. The molecule has 0 radical (unpaired) electrons. The van der Waals surface area contributed by atoms with Crippen LogP contribution in [0.4, 0.5) is 9.18 Å². The van der Waals surface area contributed by atoms with Crippen LogP contribution >= 0.6 is 0 Å². The third-order valence-corrected chi connectivity index (χ3v) is 7.09. The molecule has 39 heavy (non-hydrogen) atoms. The molecule has 2 atom stereocenters. The van der Waals surface area contributed by atoms with Gasteiger partial charge in [0.15, 0.2) is 0 Å². The summed E-state index contributed by atoms with van der Waals surface area (Å²) in [6.07, 6.45) is 0.101. The lowest BCUT2D eigenvalue weighted by molar-refractivity contribution is -0.146. The highest BCUT2D eigenvalue weighted by Gasteiger charge is 2.59. The quantitative estimate of drug-likeness (QED) is 0.463. The van der Waals surface area contributed by atoms with E-state index in [-0.39, 0.29) is 39.3 Å². The van der Waals surface area contributed by atoms with Crippen molar-refractivity contribution in [1.82, 2.24) is 20.0 Å². The minimum atomic E-state index is -1.36. The van der Waals surface area contributed by atoms with Crippen LogP contribution in [-0.2, 0) is 32.1 Å². The number of rotatable bonds is 9. The Labute approximate surface area is 226 Å². The minimum Gasteiger partial charge on any atom is -0.374 e. The molecule has 0 bridgehead atoms. The van der Waals surface area contributed by atoms with Crippen molar-refractivity contribution < 1.29 is 28.3 Å². The molecule has 0 spiro atoms. The summed E-state index contributed by atoms with van der Waals surface area (Å²) in [5.74, 6) is -1.85. The number of amides is 5. The fourth-order valence-corrected chi connectivity index (χ4v) is 4.92. The smallest absolute Gasteiger partial charge is 0.327 e. The second kappa shape index (κ2) is 11.1. The van der Waals surface area contributed by atoms with Gasteiger partial charge in [-0.25, -0.2) is 9.18 Å². The van der Waals surface area contributed by atoms with Crippen LogP contribution < -0.4 is 11.1 Å². The van der Waals surface area contributed by atoms with Gasteiger partial charge in [0, 0.05) is 26.6 Å². The molecule has 208 valence electrons. The van der Waals surface area contributed by atoms with Gasteiger partial charge in [-0.15, -0.1) is 0 Å². The summed E-state index contributed by atoms with van der Waals surface area (Å²) in [6.45, 7) is 3.37. The number of piperazine rings is 1. The molecular weight excluding hydrogens is 505 g/mol. The van der Waals surface area contributed by atoms with Gasteiger partial charge in [0.2, 0.25) is 11.8 Å². The largest absolute Gasteiger partial charge is 0.374 e. The second-order valence-corrected chi connectivity index (χ2v) is 10.6. The maximum atomic E-state index is 13.8. The molecule has 2 saturated heterocycles. The number of carbonyl (C=O) groups excluding carboxylic acids is 4. The average molecular weight is 540 g/mol. The van der Waals surface area contributed by atoms with Crippen molar-refractivity contribution in [2.45, 2.75) is 44.0 Å². The summed E-state index contributed by atoms with van der Waals surface area (Å²) in [4.78, 5) is 56.9. The Morgan fingerprint density at radius 2 is 1.74 bits per heavy atom. The zero-order chi connectivity index (χ0) is 28.4. The number of imide groups is 1. The summed E-state index contributed by atoms with van der Waals surface area (Å²) in [5.41, 5.74) is 4.92. The lowest BCUT2D eigenvalue weighted by atomic mass is 9.86. The van der Waals surface area contributed by atoms with Gasteiger partial charge in [-0.05, 0) is 37.1 Å². The predicted molar refractivity (Wildman–Crippen MR) is 141 cm³/mol. The van der Waals surface area contributed by atoms with Crippen LogP contribution in [0.1, 0.15) is 25.0 Å². The van der Waals surface area contributed by atoms with E-state index in [4.69, 9.17) is 10.5 Å². The van der Waals surface area contributed by atoms with E-state index in [0.717, 1.165) is 10.5 Å². The van der Waals surface area contributed by atoms with Crippen LogP contribution in [0.3, 0.4) is 0 Å². The Hall–Kier alpha value is -3.83. The molecular formula is C28H34FN5O5. The Morgan fingerprint density at radius 1 is 1.08 bits per heavy atom. The number of fused-ring (bicyclic) bond motifs is 1. The molecule has 3 N–H and O–H groups in total. The Morgan fingerprint density at radius 3 is 2.38 bits per heavy atom. The number of ether oxygens (including phenoxy) is 1. The Bertz CT molecular complexity index is 1230. The molecule has 2 aromatic carbocycles. The van der Waals surface area contributed by atoms with E-state index in [2.05, 4.69) is 5.32 Å². The number of hydrogen-bond donors (Lipinski definition) is 2. The van der Waals surface area contributed by atoms with Crippen LogP contribution in [0.5, 0.6) is 0 Å². The van der Waals surface area contributed by atoms with Crippen LogP contribution in [-0.4, -0.2) is 88.9 Å². The van der Waals surface area contributed by atoms with Gasteiger partial charge >= 0.3 is 6.03 Å². The number of benzene rings is 2. The van der Waals surface area contributed by atoms with Gasteiger partial charge < -0.3 is 25.6 Å². The van der Waals surface area contributed by atoms with Crippen molar-refractivity contribution >= 4 is 23.8 Å². The first-order valence-electron chi connectivity index (χ1n) is 12.8. The lowest BCUT2D eigenvalue weighted by Gasteiger charge is -2.45. The van der Waals surface area contributed by atoms with Gasteiger partial charge in [0.25, 0.3) is 5.91 Å². The molecule has 1 unspecified atom stereocenters. The van der Waals surface area contributed by atoms with E-state index < -0.39 is 46.7 Å². The number of hydrogen-bond acceptors (Lipinski definition) is 6. The predicted octanol–water partition coefficient (Wildman–Crippen LogP) is 1.28. The fourth-order valence-electron chi connectivity index (χ4n) is 4.92. The number of likely N-dealkylation sites (N-methyl/N-ethyl adjacent to an activating group) is 1. The van der Waals surface area contributed by atoms with Gasteiger partial charge in [0.1, 0.15) is 17.4 Å². The molecule has 5 amide bonds. The third kappa shape index (κ3) is 5.94. The SMILES string of the molecule is CN1C(=O)N2CCN(C(=O)[C@@H](COCc3ccccc3)NC(=O)C(C)(C)N)CC2(Cc2ccc(F)cc2)C1=O. The third-order valence-electron chi connectivity index (χ3n) is 7.09. The Balaban J connectivity index is 1.57. The number of nitrogens with zero attached hydrogens (tertiary/aromatic N) is 3. The molecule has 0 aromatic heterocycles. The fraction of sp³-hybridized carbons (Fsp3) is 0.429. The number of urea groups is 1. The van der Waals surface area contributed by atoms with Crippen LogP contribution in [0, 0.1) is 5.82 Å². The zero-order valence-electron chi connectivity index (χ0n) is 22.4. The van der Waals surface area contributed by atoms with E-state index in [0.29, 0.717) is 5.56 Å². The monoisotopic (exact) mass is 539 g/mol. The van der Waals surface area contributed by atoms with Crippen LogP contribution in [0.15, 0.2) is 54.6 Å². The topological polar surface area (TPSA) is 125 Å². The number of halogens is 1. The number of nitrogens with two attached hydrogens (primary N) is 1. The maximum absolute atomic E-state index is 13.8. The molecule has 2 aromatic rings. The van der Waals surface area contributed by atoms with Crippen LogP contribution in [0.25, 0.3) is 0 Å². The molecule has 2 fully saturated rings. The molecule has 10 nitrogen and oxygen atoms in total. The van der Waals surface area contributed by atoms with Crippen molar-refractivity contribution in [2.24, 2.45) is 5.73 Å². The van der Waals surface area contributed by atoms with E-state index >= 15 is 0 Å². The molecule has 4 rings (SSSR count). The van der Waals surface area contributed by atoms with E-state index in [1.807, 2.05) is 30.3 Å². The summed E-state index contributed by atoms with van der Waals surface area (Å²) in [5, 5.41) is 2.70. The van der Waals surface area contributed by atoms with Gasteiger partial charge in [-0.2, -0.15) is 0 Å². The number of nitrogens with one attached hydrogen (secondary N) is 1. The normalized spacial score (nSPS) is 20.2. The van der Waals surface area contributed by atoms with Gasteiger partial charge in [0.05, 0.1) is 25.3 Å². The average Bonchev–Trinajstić information content (AvgIpc) is 3.09. The minimum absolute atomic E-state index is 0.0881. The van der Waals surface area contributed by atoms with E-state index in [1.54, 1.807) is 12.1 Å². The first-order valence-corrected chi connectivity index (χ1v) is 12.8. The highest BCUT2D eigenvalue weighted by molar-refractivity contribution is 6.07. The first-order chi connectivity index (χ1) is 18.4. The summed E-state index contributed by atoms with van der Waals surface area (Å²) in [7, 11) is 1.41. The first kappa shape index (κ1) is 28.2. The van der Waals surface area contributed by atoms with Gasteiger partial charge in [-0.3, -0.25) is 19.3 Å². The van der Waals surface area contributed by atoms with E-state index in [9.17, 15) is 23.6 Å². The lowest BCUT2D eigenvalue weighted by Crippen LogP contribution is -2.67. The zero-order valence-corrected chi connectivity index (χ0v) is 22.4. The maximum Gasteiger partial charge on any atom is 0.327 e. The van der Waals surface area contributed by atoms with Crippen LogP contribution in [0.2, 0.25) is 0 Å².